The predicted molar refractivity (Wildman–Crippen MR) is 110 cm³/mol. The van der Waals surface area contributed by atoms with Gasteiger partial charge in [0.1, 0.15) is 5.78 Å². The number of rotatable bonds is 6. The van der Waals surface area contributed by atoms with Crippen molar-refractivity contribution < 1.29 is 23.9 Å². The molecular formula is C23H34O5. The second-order valence-electron chi connectivity index (χ2n) is 7.70. The number of allylic oxidation sites excluding steroid dienone is 4. The topological polar surface area (TPSA) is 69.7 Å². The van der Waals surface area contributed by atoms with E-state index in [9.17, 15) is 14.4 Å². The van der Waals surface area contributed by atoms with Crippen LogP contribution in [-0.4, -0.2) is 37.4 Å². The Balaban J connectivity index is 0.000000892. The van der Waals surface area contributed by atoms with Crippen molar-refractivity contribution in [3.63, 3.8) is 0 Å². The number of hydrogen-bond acceptors (Lipinski definition) is 5. The quantitative estimate of drug-likeness (QED) is 0.498. The Kier molecular flexibility index (Phi) is 10.7. The van der Waals surface area contributed by atoms with Crippen LogP contribution in [0.3, 0.4) is 0 Å². The molecule has 0 aromatic rings. The summed E-state index contributed by atoms with van der Waals surface area (Å²) in [5.74, 6) is 0.800. The lowest BCUT2D eigenvalue weighted by Gasteiger charge is -2.28. The van der Waals surface area contributed by atoms with Crippen LogP contribution >= 0.6 is 0 Å². The second kappa shape index (κ2) is 12.4. The largest absolute Gasteiger partial charge is 0.469 e. The van der Waals surface area contributed by atoms with E-state index < -0.39 is 0 Å². The highest BCUT2D eigenvalue weighted by Gasteiger charge is 2.27. The van der Waals surface area contributed by atoms with Gasteiger partial charge in [-0.3, -0.25) is 9.59 Å². The third-order valence-electron chi connectivity index (χ3n) is 4.95. The van der Waals surface area contributed by atoms with Crippen molar-refractivity contribution in [1.29, 1.82) is 0 Å². The maximum absolute atomic E-state index is 11.5. The minimum Gasteiger partial charge on any atom is -0.469 e. The van der Waals surface area contributed by atoms with E-state index in [4.69, 9.17) is 9.47 Å². The molecule has 0 heterocycles. The van der Waals surface area contributed by atoms with Crippen molar-refractivity contribution >= 4 is 17.5 Å². The number of Topliss-reactive ketones (excluding diaryl/α,β-unsaturated/α-hetero) is 2. The van der Waals surface area contributed by atoms with Gasteiger partial charge in [-0.1, -0.05) is 18.2 Å². The Hall–Kier alpha value is -2.01. The SMILES string of the molecule is CC(C)=O.COC(=O)C1CCC(COC2C=CC(/C=C(\C)C(C)=O)=CC2)CC1. The van der Waals surface area contributed by atoms with Gasteiger partial charge in [0.25, 0.3) is 0 Å². The van der Waals surface area contributed by atoms with Crippen molar-refractivity contribution in [3.8, 4) is 0 Å². The van der Waals surface area contributed by atoms with Crippen LogP contribution in [0.2, 0.25) is 0 Å². The lowest BCUT2D eigenvalue weighted by molar-refractivity contribution is -0.147. The third-order valence-corrected chi connectivity index (χ3v) is 4.95. The van der Waals surface area contributed by atoms with Crippen LogP contribution in [0.5, 0.6) is 0 Å². The number of esters is 1. The smallest absolute Gasteiger partial charge is 0.308 e. The molecular weight excluding hydrogens is 356 g/mol. The molecule has 0 spiro atoms. The Morgan fingerprint density at radius 3 is 2.14 bits per heavy atom. The molecule has 5 heteroatoms. The highest BCUT2D eigenvalue weighted by atomic mass is 16.5. The molecule has 0 radical (unpaired) electrons. The fourth-order valence-corrected chi connectivity index (χ4v) is 3.19. The predicted octanol–water partition coefficient (Wildman–Crippen LogP) is 4.37. The van der Waals surface area contributed by atoms with Gasteiger partial charge in [0.05, 0.1) is 25.7 Å². The number of carbonyl (C=O) groups excluding carboxylic acids is 3. The summed E-state index contributed by atoms with van der Waals surface area (Å²) in [4.78, 5) is 32.2. The van der Waals surface area contributed by atoms with E-state index in [1.807, 2.05) is 19.1 Å². The van der Waals surface area contributed by atoms with E-state index in [1.165, 1.54) is 21.0 Å². The van der Waals surface area contributed by atoms with Gasteiger partial charge in [-0.2, -0.15) is 0 Å². The van der Waals surface area contributed by atoms with Crippen LogP contribution in [-0.2, 0) is 23.9 Å². The van der Waals surface area contributed by atoms with Crippen LogP contribution in [0.4, 0.5) is 0 Å². The molecule has 2 aliphatic rings. The Labute approximate surface area is 168 Å². The number of hydrogen-bond donors (Lipinski definition) is 0. The highest BCUT2D eigenvalue weighted by molar-refractivity contribution is 5.93. The molecule has 0 amide bonds. The Morgan fingerprint density at radius 1 is 1.07 bits per heavy atom. The van der Waals surface area contributed by atoms with Gasteiger partial charge < -0.3 is 14.3 Å². The van der Waals surface area contributed by atoms with Crippen LogP contribution in [0.1, 0.15) is 59.8 Å². The molecule has 0 aromatic carbocycles. The maximum atomic E-state index is 11.5. The summed E-state index contributed by atoms with van der Waals surface area (Å²) in [6.07, 6.45) is 12.9. The molecule has 0 saturated heterocycles. The first-order valence-corrected chi connectivity index (χ1v) is 9.97. The molecule has 1 atom stereocenters. The fourth-order valence-electron chi connectivity index (χ4n) is 3.19. The molecule has 0 N–H and O–H groups in total. The van der Waals surface area contributed by atoms with Gasteiger partial charge >= 0.3 is 5.97 Å². The average molecular weight is 391 g/mol. The maximum Gasteiger partial charge on any atom is 0.308 e. The molecule has 1 fully saturated rings. The molecule has 2 aliphatic carbocycles. The minimum atomic E-state index is -0.0730. The summed E-state index contributed by atoms with van der Waals surface area (Å²) in [6.45, 7) is 7.22. The first kappa shape index (κ1) is 24.0. The third kappa shape index (κ3) is 9.27. The van der Waals surface area contributed by atoms with Crippen LogP contribution in [0, 0.1) is 11.8 Å². The van der Waals surface area contributed by atoms with Gasteiger partial charge in [0, 0.05) is 0 Å². The zero-order chi connectivity index (χ0) is 21.1. The first-order chi connectivity index (χ1) is 13.2. The van der Waals surface area contributed by atoms with Crippen LogP contribution in [0.25, 0.3) is 0 Å². The summed E-state index contributed by atoms with van der Waals surface area (Å²) in [7, 11) is 1.46. The molecule has 156 valence electrons. The zero-order valence-corrected chi connectivity index (χ0v) is 17.8. The highest BCUT2D eigenvalue weighted by Crippen LogP contribution is 2.30. The van der Waals surface area contributed by atoms with Gasteiger partial charge in [-0.05, 0) is 82.9 Å². The van der Waals surface area contributed by atoms with Crippen molar-refractivity contribution in [2.24, 2.45) is 11.8 Å². The number of ketones is 2. The Morgan fingerprint density at radius 2 is 1.68 bits per heavy atom. The van der Waals surface area contributed by atoms with E-state index in [2.05, 4.69) is 12.2 Å². The molecule has 1 unspecified atom stereocenters. The summed E-state index contributed by atoms with van der Waals surface area (Å²) in [5, 5.41) is 0. The van der Waals surface area contributed by atoms with E-state index in [1.54, 1.807) is 6.92 Å². The van der Waals surface area contributed by atoms with E-state index in [0.29, 0.717) is 5.92 Å². The van der Waals surface area contributed by atoms with Crippen molar-refractivity contribution in [2.75, 3.05) is 13.7 Å². The van der Waals surface area contributed by atoms with Gasteiger partial charge in [0.15, 0.2) is 5.78 Å². The monoisotopic (exact) mass is 390 g/mol. The second-order valence-corrected chi connectivity index (χ2v) is 7.70. The number of ether oxygens (including phenoxy) is 2. The van der Waals surface area contributed by atoms with Crippen LogP contribution in [0.15, 0.2) is 35.5 Å². The number of methoxy groups -OCH3 is 1. The minimum absolute atomic E-state index is 0.0719. The van der Waals surface area contributed by atoms with E-state index in [-0.39, 0.29) is 29.6 Å². The van der Waals surface area contributed by atoms with Crippen molar-refractivity contribution in [1.82, 2.24) is 0 Å². The van der Waals surface area contributed by atoms with E-state index >= 15 is 0 Å². The zero-order valence-electron chi connectivity index (χ0n) is 17.8. The van der Waals surface area contributed by atoms with Gasteiger partial charge in [-0.15, -0.1) is 0 Å². The Bertz CT molecular complexity index is 629. The lowest BCUT2D eigenvalue weighted by Crippen LogP contribution is -2.26. The normalized spacial score (nSPS) is 24.5. The molecule has 5 nitrogen and oxygen atoms in total. The van der Waals surface area contributed by atoms with Crippen molar-refractivity contribution in [2.45, 2.75) is 65.9 Å². The molecule has 2 rings (SSSR count). The molecule has 0 aliphatic heterocycles. The summed E-state index contributed by atoms with van der Waals surface area (Å²) < 4.78 is 10.8. The van der Waals surface area contributed by atoms with Gasteiger partial charge in [0.2, 0.25) is 0 Å². The van der Waals surface area contributed by atoms with E-state index in [0.717, 1.165) is 49.9 Å². The summed E-state index contributed by atoms with van der Waals surface area (Å²) >= 11 is 0. The summed E-state index contributed by atoms with van der Waals surface area (Å²) in [5.41, 5.74) is 1.84. The first-order valence-electron chi connectivity index (χ1n) is 9.97. The van der Waals surface area contributed by atoms with Crippen LogP contribution < -0.4 is 0 Å². The summed E-state index contributed by atoms with van der Waals surface area (Å²) in [6, 6.07) is 0. The standard InChI is InChI=1S/C20H28O4.C3H6O/c1-14(15(2)21)12-16-6-10-19(11-7-16)24-13-17-4-8-18(9-5-17)20(22)23-3;1-3(2)4/h6-7,10,12,17-19H,4-5,8-9,11,13H2,1-3H3;1-2H3/b14-12+;. The van der Waals surface area contributed by atoms with Gasteiger partial charge in [-0.25, -0.2) is 0 Å². The number of carbonyl (C=O) groups is 3. The lowest BCUT2D eigenvalue weighted by atomic mass is 9.82. The fraction of sp³-hybridized carbons (Fsp3) is 0.609. The average Bonchev–Trinajstić information content (AvgIpc) is 2.66. The molecule has 0 aromatic heterocycles. The molecule has 0 bridgehead atoms. The van der Waals surface area contributed by atoms with Crippen molar-refractivity contribution in [3.05, 3.63) is 35.5 Å². The molecule has 28 heavy (non-hydrogen) atoms. The molecule has 1 saturated carbocycles.